The van der Waals surface area contributed by atoms with Crippen LogP contribution in [0.25, 0.3) is 0 Å². The number of nitrogens with zero attached hydrogens (tertiary/aromatic N) is 3. The summed E-state index contributed by atoms with van der Waals surface area (Å²) < 4.78 is 0. The molecule has 1 fully saturated rings. The van der Waals surface area contributed by atoms with E-state index in [2.05, 4.69) is 17.0 Å². The fourth-order valence-corrected chi connectivity index (χ4v) is 1.68. The molecule has 2 rings (SSSR count). The maximum atomic E-state index is 10.8. The van der Waals surface area contributed by atoms with Crippen LogP contribution < -0.4 is 5.53 Å². The number of hydrogen-bond acceptors (Lipinski definition) is 5. The number of likely N-dealkylation sites (tertiary alicyclic amines) is 1. The third-order valence-corrected chi connectivity index (χ3v) is 2.63. The topological polar surface area (TPSA) is 38.8 Å². The highest BCUT2D eigenvalue weighted by Crippen LogP contribution is 2.04. The molecule has 0 spiro atoms. The molecule has 0 amide bonds. The Morgan fingerprint density at radius 2 is 1.82 bits per heavy atom. The molecule has 2 heterocycles. The van der Waals surface area contributed by atoms with E-state index in [9.17, 15) is 4.79 Å². The largest absolute Gasteiger partial charge is 0.300 e. The highest BCUT2D eigenvalue weighted by atomic mass is 16.1. The number of carbonyl (C=O) groups excluding carboxylic acids is 1. The molecule has 2 aliphatic rings. The lowest BCUT2D eigenvalue weighted by molar-refractivity contribution is -0.121. The lowest BCUT2D eigenvalue weighted by Crippen LogP contribution is -2.33. The minimum atomic E-state index is 0.403. The molecular formula is C12H22N4O. The molecule has 1 saturated heterocycles. The number of piperidine rings is 1. The summed E-state index contributed by atoms with van der Waals surface area (Å²) in [4.78, 5) is 13.0. The van der Waals surface area contributed by atoms with Crippen molar-refractivity contribution < 1.29 is 4.79 Å². The molecule has 5 nitrogen and oxygen atoms in total. The molecule has 0 atom stereocenters. The molecule has 0 unspecified atom stereocenters. The van der Waals surface area contributed by atoms with Crippen molar-refractivity contribution in [3.8, 4) is 0 Å². The van der Waals surface area contributed by atoms with Crippen molar-refractivity contribution in [3.05, 3.63) is 25.1 Å². The Labute approximate surface area is 103 Å². The van der Waals surface area contributed by atoms with Crippen molar-refractivity contribution >= 4 is 5.78 Å². The van der Waals surface area contributed by atoms with Crippen molar-refractivity contribution in [1.82, 2.24) is 20.5 Å². The van der Waals surface area contributed by atoms with Gasteiger partial charge in [-0.05, 0) is 0 Å². The third-order valence-electron chi connectivity index (χ3n) is 2.63. The van der Waals surface area contributed by atoms with Gasteiger partial charge in [0.2, 0.25) is 0 Å². The van der Waals surface area contributed by atoms with Gasteiger partial charge in [0.1, 0.15) is 5.78 Å². The monoisotopic (exact) mass is 238 g/mol. The summed E-state index contributed by atoms with van der Waals surface area (Å²) in [5.74, 6) is 0.403. The first-order chi connectivity index (χ1) is 8.11. The van der Waals surface area contributed by atoms with Crippen molar-refractivity contribution in [3.63, 3.8) is 0 Å². The number of Topliss-reactive ketones (excluding diaryl/α,β-unsaturated/α-hetero) is 1. The molecule has 0 bridgehead atoms. The quantitative estimate of drug-likeness (QED) is 0.713. The van der Waals surface area contributed by atoms with Gasteiger partial charge in [0, 0.05) is 59.0 Å². The van der Waals surface area contributed by atoms with Crippen LogP contribution in [0.2, 0.25) is 0 Å². The van der Waals surface area contributed by atoms with E-state index in [-0.39, 0.29) is 0 Å². The van der Waals surface area contributed by atoms with Crippen LogP contribution >= 0.6 is 0 Å². The Kier molecular flexibility index (Phi) is 5.72. The summed E-state index contributed by atoms with van der Waals surface area (Å²) in [5.41, 5.74) is 2.97. The second-order valence-electron chi connectivity index (χ2n) is 4.25. The average Bonchev–Trinajstić information content (AvgIpc) is 2.67. The van der Waals surface area contributed by atoms with Crippen LogP contribution in [0.3, 0.4) is 0 Å². The standard InChI is InChI=1S/C8H13NO.C4H9N3/c1-2-5-9-6-3-8(10)4-7-9;1-6-3-4-7(2)5-6/h2H,1,3-7H2;3-5H,1-2H3. The maximum absolute atomic E-state index is 10.8. The summed E-state index contributed by atoms with van der Waals surface area (Å²) in [5, 5.41) is 3.75. The maximum Gasteiger partial charge on any atom is 0.135 e. The first-order valence-corrected chi connectivity index (χ1v) is 5.87. The zero-order chi connectivity index (χ0) is 12.7. The molecular weight excluding hydrogens is 216 g/mol. The fraction of sp³-hybridized carbons (Fsp3) is 0.583. The molecule has 1 N–H and O–H groups in total. The van der Waals surface area contributed by atoms with Crippen molar-refractivity contribution in [2.75, 3.05) is 33.7 Å². The van der Waals surface area contributed by atoms with E-state index < -0.39 is 0 Å². The van der Waals surface area contributed by atoms with Gasteiger partial charge in [0.15, 0.2) is 0 Å². The van der Waals surface area contributed by atoms with E-state index in [1.165, 1.54) is 0 Å². The zero-order valence-corrected chi connectivity index (χ0v) is 10.7. The van der Waals surface area contributed by atoms with Gasteiger partial charge in [-0.15, -0.1) is 12.1 Å². The lowest BCUT2D eigenvalue weighted by Gasteiger charge is -2.23. The van der Waals surface area contributed by atoms with E-state index in [1.807, 2.05) is 42.6 Å². The number of carbonyl (C=O) groups is 1. The Morgan fingerprint density at radius 3 is 2.18 bits per heavy atom. The molecule has 0 radical (unpaired) electrons. The van der Waals surface area contributed by atoms with Gasteiger partial charge in [0.05, 0.1) is 0 Å². The minimum Gasteiger partial charge on any atom is -0.300 e. The van der Waals surface area contributed by atoms with E-state index in [1.54, 1.807) is 0 Å². The summed E-state index contributed by atoms with van der Waals surface area (Å²) in [6, 6.07) is 0. The summed E-state index contributed by atoms with van der Waals surface area (Å²) in [6.45, 7) is 6.41. The van der Waals surface area contributed by atoms with Gasteiger partial charge in [-0.3, -0.25) is 19.7 Å². The number of nitrogens with one attached hydrogen (secondary N) is 1. The molecule has 0 aromatic heterocycles. The molecule has 0 aromatic rings. The molecule has 96 valence electrons. The predicted molar refractivity (Wildman–Crippen MR) is 68.7 cm³/mol. The first kappa shape index (κ1) is 13.7. The van der Waals surface area contributed by atoms with Crippen molar-refractivity contribution in [2.45, 2.75) is 12.8 Å². The van der Waals surface area contributed by atoms with Gasteiger partial charge in [0.25, 0.3) is 0 Å². The number of rotatable bonds is 2. The van der Waals surface area contributed by atoms with Crippen LogP contribution in [0.1, 0.15) is 12.8 Å². The van der Waals surface area contributed by atoms with Gasteiger partial charge in [-0.2, -0.15) is 0 Å². The number of hydrogen-bond donors (Lipinski definition) is 1. The highest BCUT2D eigenvalue weighted by Gasteiger charge is 2.13. The molecule has 0 saturated carbocycles. The Bertz CT molecular complexity index is 270. The molecule has 17 heavy (non-hydrogen) atoms. The van der Waals surface area contributed by atoms with Crippen molar-refractivity contribution in [1.29, 1.82) is 0 Å². The van der Waals surface area contributed by atoms with Crippen LogP contribution in [0.5, 0.6) is 0 Å². The van der Waals surface area contributed by atoms with E-state index in [0.29, 0.717) is 5.78 Å². The first-order valence-electron chi connectivity index (χ1n) is 5.87. The van der Waals surface area contributed by atoms with Crippen LogP contribution in [0.4, 0.5) is 0 Å². The van der Waals surface area contributed by atoms with E-state index >= 15 is 0 Å². The summed E-state index contributed by atoms with van der Waals surface area (Å²) in [6.07, 6.45) is 7.23. The SMILES string of the molecule is C=CCN1CCC(=O)CC1.CN1C=CN(C)N1. The third kappa shape index (κ3) is 5.51. The van der Waals surface area contributed by atoms with Gasteiger partial charge >= 0.3 is 0 Å². The second-order valence-corrected chi connectivity index (χ2v) is 4.25. The normalized spacial score (nSPS) is 20.2. The van der Waals surface area contributed by atoms with Crippen molar-refractivity contribution in [2.24, 2.45) is 0 Å². The van der Waals surface area contributed by atoms with Gasteiger partial charge in [-0.1, -0.05) is 6.08 Å². The van der Waals surface area contributed by atoms with Crippen LogP contribution in [0, 0.1) is 0 Å². The van der Waals surface area contributed by atoms with E-state index in [0.717, 1.165) is 32.5 Å². The van der Waals surface area contributed by atoms with Gasteiger partial charge < -0.3 is 0 Å². The highest BCUT2D eigenvalue weighted by molar-refractivity contribution is 5.79. The van der Waals surface area contributed by atoms with Crippen LogP contribution in [-0.2, 0) is 4.79 Å². The molecule has 5 heteroatoms. The number of ketones is 1. The van der Waals surface area contributed by atoms with Crippen LogP contribution in [0.15, 0.2) is 25.1 Å². The zero-order valence-electron chi connectivity index (χ0n) is 10.7. The summed E-state index contributed by atoms with van der Waals surface area (Å²) >= 11 is 0. The Hall–Kier alpha value is -1.33. The lowest BCUT2D eigenvalue weighted by atomic mass is 10.1. The van der Waals surface area contributed by atoms with E-state index in [4.69, 9.17) is 0 Å². The number of hydrazine groups is 2. The smallest absolute Gasteiger partial charge is 0.135 e. The molecule has 0 aromatic carbocycles. The molecule has 2 aliphatic heterocycles. The second kappa shape index (κ2) is 7.09. The summed E-state index contributed by atoms with van der Waals surface area (Å²) in [7, 11) is 3.89. The van der Waals surface area contributed by atoms with Crippen LogP contribution in [-0.4, -0.2) is 54.4 Å². The Balaban J connectivity index is 0.000000181. The minimum absolute atomic E-state index is 0.403. The average molecular weight is 238 g/mol. The molecule has 0 aliphatic carbocycles. The predicted octanol–water partition coefficient (Wildman–Crippen LogP) is 0.592. The Morgan fingerprint density at radius 1 is 1.29 bits per heavy atom. The fourth-order valence-electron chi connectivity index (χ4n) is 1.68. The van der Waals surface area contributed by atoms with Gasteiger partial charge in [-0.25, -0.2) is 0 Å².